The maximum atomic E-state index is 14.1. The monoisotopic (exact) mass is 615 g/mol. The van der Waals surface area contributed by atoms with Crippen LogP contribution in [0.3, 0.4) is 0 Å². The van der Waals surface area contributed by atoms with Gasteiger partial charge in [0.1, 0.15) is 12.6 Å². The average Bonchev–Trinajstić information content (AvgIpc) is 2.98. The zero-order valence-corrected chi connectivity index (χ0v) is 25.3. The predicted octanol–water partition coefficient (Wildman–Crippen LogP) is 6.45. The van der Waals surface area contributed by atoms with E-state index in [1.807, 2.05) is 37.3 Å². The molecule has 1 N–H and O–H groups in total. The summed E-state index contributed by atoms with van der Waals surface area (Å²) in [6.45, 7) is 1.47. The molecule has 0 bridgehead atoms. The molecule has 0 aliphatic heterocycles. The van der Waals surface area contributed by atoms with Crippen LogP contribution in [0, 0.1) is 0 Å². The van der Waals surface area contributed by atoms with Gasteiger partial charge in [0, 0.05) is 12.6 Å². The third-order valence-corrected chi connectivity index (χ3v) is 9.86. The molecule has 1 saturated carbocycles. The SMILES string of the molecule is CC[C@@H](C(=O)NC1CCCCC1)N(Cc1ccccc1)C(=O)CN(c1ccc(Cl)c(Cl)c1)S(=O)(=O)c1ccccc1. The molecular formula is C31H35Cl2N3O4S. The first-order valence-electron chi connectivity index (χ1n) is 13.9. The summed E-state index contributed by atoms with van der Waals surface area (Å²) in [4.78, 5) is 29.2. The Balaban J connectivity index is 1.70. The van der Waals surface area contributed by atoms with Crippen LogP contribution in [0.25, 0.3) is 0 Å². The van der Waals surface area contributed by atoms with Crippen molar-refractivity contribution in [1.29, 1.82) is 0 Å². The van der Waals surface area contributed by atoms with Gasteiger partial charge in [-0.05, 0) is 55.2 Å². The van der Waals surface area contributed by atoms with Crippen LogP contribution in [0.2, 0.25) is 10.0 Å². The maximum absolute atomic E-state index is 14.1. The highest BCUT2D eigenvalue weighted by molar-refractivity contribution is 7.92. The number of nitrogens with zero attached hydrogens (tertiary/aromatic N) is 2. The molecule has 10 heteroatoms. The van der Waals surface area contributed by atoms with E-state index in [0.717, 1.165) is 42.0 Å². The highest BCUT2D eigenvalue weighted by atomic mass is 35.5. The topological polar surface area (TPSA) is 86.8 Å². The van der Waals surface area contributed by atoms with Crippen molar-refractivity contribution >= 4 is 50.7 Å². The summed E-state index contributed by atoms with van der Waals surface area (Å²) in [5.74, 6) is -0.735. The highest BCUT2D eigenvalue weighted by Crippen LogP contribution is 2.31. The van der Waals surface area contributed by atoms with Crippen LogP contribution in [0.5, 0.6) is 0 Å². The van der Waals surface area contributed by atoms with E-state index in [0.29, 0.717) is 6.42 Å². The van der Waals surface area contributed by atoms with E-state index in [2.05, 4.69) is 5.32 Å². The molecule has 41 heavy (non-hydrogen) atoms. The Morgan fingerprint density at radius 1 is 0.902 bits per heavy atom. The number of sulfonamides is 1. The van der Waals surface area contributed by atoms with Crippen molar-refractivity contribution in [2.75, 3.05) is 10.8 Å². The van der Waals surface area contributed by atoms with E-state index in [9.17, 15) is 18.0 Å². The molecule has 1 aliphatic carbocycles. The molecule has 0 unspecified atom stereocenters. The fraction of sp³-hybridized carbons (Fsp3) is 0.355. The van der Waals surface area contributed by atoms with E-state index in [1.165, 1.54) is 35.2 Å². The number of carbonyl (C=O) groups is 2. The van der Waals surface area contributed by atoms with Gasteiger partial charge in [-0.25, -0.2) is 8.42 Å². The lowest BCUT2D eigenvalue weighted by Crippen LogP contribution is -2.54. The van der Waals surface area contributed by atoms with Crippen LogP contribution in [-0.4, -0.2) is 43.8 Å². The molecule has 2 amide bonds. The molecule has 7 nitrogen and oxygen atoms in total. The van der Waals surface area contributed by atoms with Gasteiger partial charge >= 0.3 is 0 Å². The lowest BCUT2D eigenvalue weighted by atomic mass is 9.95. The second kappa shape index (κ2) is 14.2. The van der Waals surface area contributed by atoms with Crippen molar-refractivity contribution in [3.05, 3.63) is 94.5 Å². The number of anilines is 1. The normalized spacial score (nSPS) is 14.7. The van der Waals surface area contributed by atoms with Crippen molar-refractivity contribution in [3.63, 3.8) is 0 Å². The van der Waals surface area contributed by atoms with Gasteiger partial charge in [0.05, 0.1) is 20.6 Å². The Hall–Kier alpha value is -3.07. The van der Waals surface area contributed by atoms with Gasteiger partial charge in [-0.3, -0.25) is 13.9 Å². The second-order valence-electron chi connectivity index (χ2n) is 10.2. The van der Waals surface area contributed by atoms with Gasteiger partial charge in [0.25, 0.3) is 10.0 Å². The fourth-order valence-electron chi connectivity index (χ4n) is 5.13. The summed E-state index contributed by atoms with van der Waals surface area (Å²) in [6, 6.07) is 21.0. The summed E-state index contributed by atoms with van der Waals surface area (Å²) >= 11 is 12.4. The lowest BCUT2D eigenvalue weighted by Gasteiger charge is -2.34. The number of nitrogens with one attached hydrogen (secondary N) is 1. The standard InChI is InChI=1S/C31H35Cl2N3O4S/c1-2-29(31(38)34-24-14-8-4-9-15-24)35(21-23-12-6-3-7-13-23)30(37)22-36(25-18-19-27(32)28(33)20-25)41(39,40)26-16-10-5-11-17-26/h3,5-7,10-13,16-20,24,29H,2,4,8-9,14-15,21-22H2,1H3,(H,34,38)/t29-/m0/s1. The smallest absolute Gasteiger partial charge is 0.264 e. The summed E-state index contributed by atoms with van der Waals surface area (Å²) < 4.78 is 28.8. The molecule has 4 rings (SSSR count). The van der Waals surface area contributed by atoms with Gasteiger partial charge in [-0.1, -0.05) is 97.9 Å². The Morgan fingerprint density at radius 3 is 2.15 bits per heavy atom. The van der Waals surface area contributed by atoms with Gasteiger partial charge in [0.2, 0.25) is 11.8 Å². The van der Waals surface area contributed by atoms with Gasteiger partial charge in [-0.15, -0.1) is 0 Å². The van der Waals surface area contributed by atoms with Crippen LogP contribution < -0.4 is 9.62 Å². The largest absolute Gasteiger partial charge is 0.352 e. The molecule has 1 atom stereocenters. The van der Waals surface area contributed by atoms with Crippen LogP contribution in [0.4, 0.5) is 5.69 Å². The summed E-state index contributed by atoms with van der Waals surface area (Å²) in [6.07, 6.45) is 5.47. The molecular weight excluding hydrogens is 581 g/mol. The minimum Gasteiger partial charge on any atom is -0.352 e. The Bertz CT molecular complexity index is 1430. The molecule has 1 aliphatic rings. The summed E-state index contributed by atoms with van der Waals surface area (Å²) in [5.41, 5.74) is 1.02. The van der Waals surface area contributed by atoms with Gasteiger partial charge in [0.15, 0.2) is 0 Å². The van der Waals surface area contributed by atoms with E-state index in [-0.39, 0.29) is 39.1 Å². The van der Waals surface area contributed by atoms with Crippen LogP contribution in [0.15, 0.2) is 83.8 Å². The number of hydrogen-bond donors (Lipinski definition) is 1. The molecule has 218 valence electrons. The number of halogens is 2. The number of amides is 2. The lowest BCUT2D eigenvalue weighted by molar-refractivity contribution is -0.140. The second-order valence-corrected chi connectivity index (χ2v) is 12.9. The van der Waals surface area contributed by atoms with E-state index >= 15 is 0 Å². The minimum atomic E-state index is -4.18. The van der Waals surface area contributed by atoms with Crippen molar-refractivity contribution in [1.82, 2.24) is 10.2 Å². The predicted molar refractivity (Wildman–Crippen MR) is 164 cm³/mol. The summed E-state index contributed by atoms with van der Waals surface area (Å²) in [7, 11) is -4.18. The highest BCUT2D eigenvalue weighted by Gasteiger charge is 2.34. The van der Waals surface area contributed by atoms with E-state index < -0.39 is 28.5 Å². The molecule has 0 saturated heterocycles. The van der Waals surface area contributed by atoms with Crippen molar-refractivity contribution in [2.45, 2.75) is 69.0 Å². The van der Waals surface area contributed by atoms with Crippen molar-refractivity contribution in [3.8, 4) is 0 Å². The molecule has 1 fully saturated rings. The molecule has 3 aromatic rings. The van der Waals surface area contributed by atoms with Crippen molar-refractivity contribution < 1.29 is 18.0 Å². The first kappa shape index (κ1) is 30.9. The first-order chi connectivity index (χ1) is 19.7. The minimum absolute atomic E-state index is 0.0237. The molecule has 0 radical (unpaired) electrons. The van der Waals surface area contributed by atoms with Crippen LogP contribution in [-0.2, 0) is 26.2 Å². The Kier molecular flexibility index (Phi) is 10.7. The Labute approximate surface area is 252 Å². The average molecular weight is 617 g/mol. The number of rotatable bonds is 11. The maximum Gasteiger partial charge on any atom is 0.264 e. The van der Waals surface area contributed by atoms with Gasteiger partial charge < -0.3 is 10.2 Å². The third kappa shape index (κ3) is 7.82. The zero-order chi connectivity index (χ0) is 29.4. The van der Waals surface area contributed by atoms with E-state index in [1.54, 1.807) is 18.2 Å². The van der Waals surface area contributed by atoms with Crippen LogP contribution in [0.1, 0.15) is 51.0 Å². The number of hydrogen-bond acceptors (Lipinski definition) is 4. The molecule has 0 aromatic heterocycles. The summed E-state index contributed by atoms with van der Waals surface area (Å²) in [5, 5.41) is 3.56. The molecule has 3 aromatic carbocycles. The quantitative estimate of drug-likeness (QED) is 0.269. The first-order valence-corrected chi connectivity index (χ1v) is 16.1. The Morgan fingerprint density at radius 2 is 1.54 bits per heavy atom. The molecule has 0 heterocycles. The van der Waals surface area contributed by atoms with Crippen LogP contribution >= 0.6 is 23.2 Å². The van der Waals surface area contributed by atoms with E-state index in [4.69, 9.17) is 23.2 Å². The zero-order valence-electron chi connectivity index (χ0n) is 23.0. The van der Waals surface area contributed by atoms with Crippen molar-refractivity contribution in [2.24, 2.45) is 0 Å². The fourth-order valence-corrected chi connectivity index (χ4v) is 6.85. The molecule has 0 spiro atoms. The number of benzene rings is 3. The van der Waals surface area contributed by atoms with Gasteiger partial charge in [-0.2, -0.15) is 0 Å². The third-order valence-electron chi connectivity index (χ3n) is 7.33. The number of carbonyl (C=O) groups excluding carboxylic acids is 2.